The first-order chi connectivity index (χ1) is 13.2. The largest absolute Gasteiger partial charge is 0.338 e. The standard InChI is InChI=1S/C20H24N6O/c1-3-26-13-18(14(2)24-26)20(27)25-10-6-16(7-11-25)19-17(12-22-23-19)15-4-8-21-9-5-15/h4-5,8-9,12-13,16H,3,6-7,10-11H2,1-2H3,(H,22,23). The summed E-state index contributed by atoms with van der Waals surface area (Å²) in [5.74, 6) is 0.462. The highest BCUT2D eigenvalue weighted by Gasteiger charge is 2.28. The summed E-state index contributed by atoms with van der Waals surface area (Å²) in [5, 5.41) is 11.8. The first-order valence-electron chi connectivity index (χ1n) is 9.44. The van der Waals surface area contributed by atoms with Crippen molar-refractivity contribution in [2.75, 3.05) is 13.1 Å². The number of rotatable bonds is 4. The molecule has 3 aromatic rings. The Hall–Kier alpha value is -2.96. The van der Waals surface area contributed by atoms with Crippen LogP contribution in [0.1, 0.15) is 47.4 Å². The fourth-order valence-corrected chi connectivity index (χ4v) is 3.80. The van der Waals surface area contributed by atoms with Gasteiger partial charge in [-0.3, -0.25) is 19.6 Å². The van der Waals surface area contributed by atoms with Crippen LogP contribution in [0.25, 0.3) is 11.1 Å². The summed E-state index contributed by atoms with van der Waals surface area (Å²) in [6.45, 7) is 6.19. The molecule has 1 fully saturated rings. The zero-order chi connectivity index (χ0) is 18.8. The zero-order valence-electron chi connectivity index (χ0n) is 15.7. The summed E-state index contributed by atoms with van der Waals surface area (Å²) in [6, 6.07) is 4.00. The van der Waals surface area contributed by atoms with Gasteiger partial charge in [0.15, 0.2) is 0 Å². The second-order valence-electron chi connectivity index (χ2n) is 6.98. The molecular formula is C20H24N6O. The first kappa shape index (κ1) is 17.5. The predicted octanol–water partition coefficient (Wildman–Crippen LogP) is 3.02. The van der Waals surface area contributed by atoms with Crippen LogP contribution in [0, 0.1) is 6.92 Å². The second kappa shape index (κ2) is 7.34. The molecule has 1 amide bonds. The second-order valence-corrected chi connectivity index (χ2v) is 6.98. The van der Waals surface area contributed by atoms with E-state index in [1.54, 1.807) is 12.4 Å². The van der Waals surface area contributed by atoms with Crippen LogP contribution in [0.15, 0.2) is 36.9 Å². The summed E-state index contributed by atoms with van der Waals surface area (Å²) in [4.78, 5) is 18.9. The van der Waals surface area contributed by atoms with Crippen molar-refractivity contribution in [1.82, 2.24) is 29.9 Å². The van der Waals surface area contributed by atoms with Crippen molar-refractivity contribution >= 4 is 5.91 Å². The van der Waals surface area contributed by atoms with Crippen molar-refractivity contribution in [2.45, 2.75) is 39.2 Å². The molecule has 0 radical (unpaired) electrons. The first-order valence-corrected chi connectivity index (χ1v) is 9.44. The maximum Gasteiger partial charge on any atom is 0.257 e. The molecule has 1 aliphatic heterocycles. The lowest BCUT2D eigenvalue weighted by Crippen LogP contribution is -2.38. The van der Waals surface area contributed by atoms with E-state index in [9.17, 15) is 4.79 Å². The Morgan fingerprint density at radius 1 is 1.26 bits per heavy atom. The highest BCUT2D eigenvalue weighted by atomic mass is 16.2. The SMILES string of the molecule is CCn1cc(C(=O)N2CCC(c3[nH]ncc3-c3ccncc3)CC2)c(C)n1. The Labute approximate surface area is 158 Å². The molecule has 1 aliphatic rings. The van der Waals surface area contributed by atoms with Crippen LogP contribution in [0.5, 0.6) is 0 Å². The minimum atomic E-state index is 0.0876. The number of H-pyrrole nitrogens is 1. The molecule has 0 unspecified atom stereocenters. The minimum absolute atomic E-state index is 0.0876. The number of likely N-dealkylation sites (tertiary alicyclic amines) is 1. The fourth-order valence-electron chi connectivity index (χ4n) is 3.80. The molecule has 0 aromatic carbocycles. The molecule has 1 N–H and O–H groups in total. The Bertz CT molecular complexity index is 921. The average molecular weight is 364 g/mol. The van der Waals surface area contributed by atoms with E-state index in [4.69, 9.17) is 0 Å². The van der Waals surface area contributed by atoms with Gasteiger partial charge in [-0.05, 0) is 44.4 Å². The van der Waals surface area contributed by atoms with E-state index < -0.39 is 0 Å². The number of hydrogen-bond donors (Lipinski definition) is 1. The Balaban J connectivity index is 1.46. The molecule has 3 aromatic heterocycles. The topological polar surface area (TPSA) is 79.7 Å². The summed E-state index contributed by atoms with van der Waals surface area (Å²) in [5.41, 5.74) is 4.92. The van der Waals surface area contributed by atoms with Gasteiger partial charge in [-0.15, -0.1) is 0 Å². The van der Waals surface area contributed by atoms with E-state index in [1.807, 2.05) is 48.0 Å². The smallest absolute Gasteiger partial charge is 0.257 e. The molecule has 140 valence electrons. The molecule has 0 aliphatic carbocycles. The number of carbonyl (C=O) groups is 1. The number of nitrogens with zero attached hydrogens (tertiary/aromatic N) is 5. The third kappa shape index (κ3) is 3.37. The lowest BCUT2D eigenvalue weighted by Gasteiger charge is -2.32. The molecule has 4 rings (SSSR count). The number of aromatic amines is 1. The van der Waals surface area contributed by atoms with Gasteiger partial charge in [-0.25, -0.2) is 0 Å². The normalized spacial score (nSPS) is 15.3. The van der Waals surface area contributed by atoms with E-state index in [2.05, 4.69) is 20.3 Å². The number of hydrogen-bond acceptors (Lipinski definition) is 4. The number of piperidine rings is 1. The molecule has 0 bridgehead atoms. The van der Waals surface area contributed by atoms with Crippen molar-refractivity contribution in [3.05, 3.63) is 53.9 Å². The van der Waals surface area contributed by atoms with Gasteiger partial charge in [0.05, 0.1) is 17.5 Å². The van der Waals surface area contributed by atoms with E-state index >= 15 is 0 Å². The summed E-state index contributed by atoms with van der Waals surface area (Å²) in [7, 11) is 0. The number of aromatic nitrogens is 5. The highest BCUT2D eigenvalue weighted by Crippen LogP contribution is 2.34. The Morgan fingerprint density at radius 2 is 2.00 bits per heavy atom. The molecular weight excluding hydrogens is 340 g/mol. The monoisotopic (exact) mass is 364 g/mol. The van der Waals surface area contributed by atoms with Crippen LogP contribution in [0.2, 0.25) is 0 Å². The highest BCUT2D eigenvalue weighted by molar-refractivity contribution is 5.95. The molecule has 27 heavy (non-hydrogen) atoms. The van der Waals surface area contributed by atoms with Crippen molar-refractivity contribution in [1.29, 1.82) is 0 Å². The molecule has 1 saturated heterocycles. The molecule has 7 nitrogen and oxygen atoms in total. The van der Waals surface area contributed by atoms with Gasteiger partial charge in [0.1, 0.15) is 0 Å². The van der Waals surface area contributed by atoms with Crippen LogP contribution < -0.4 is 0 Å². The average Bonchev–Trinajstić information content (AvgIpc) is 3.35. The molecule has 0 spiro atoms. The minimum Gasteiger partial charge on any atom is -0.338 e. The van der Waals surface area contributed by atoms with E-state index in [-0.39, 0.29) is 5.91 Å². The lowest BCUT2D eigenvalue weighted by molar-refractivity contribution is 0.0711. The van der Waals surface area contributed by atoms with E-state index in [1.165, 1.54) is 0 Å². The lowest BCUT2D eigenvalue weighted by atomic mass is 9.89. The number of aryl methyl sites for hydroxylation is 2. The summed E-state index contributed by atoms with van der Waals surface area (Å²) in [6.07, 6.45) is 9.18. The number of nitrogens with one attached hydrogen (secondary N) is 1. The van der Waals surface area contributed by atoms with Crippen molar-refractivity contribution in [3.8, 4) is 11.1 Å². The van der Waals surface area contributed by atoms with Gasteiger partial charge in [-0.2, -0.15) is 10.2 Å². The number of pyridine rings is 1. The van der Waals surface area contributed by atoms with Gasteiger partial charge in [-0.1, -0.05) is 0 Å². The van der Waals surface area contributed by atoms with E-state index in [0.29, 0.717) is 11.5 Å². The Morgan fingerprint density at radius 3 is 2.67 bits per heavy atom. The zero-order valence-corrected chi connectivity index (χ0v) is 15.7. The van der Waals surface area contributed by atoms with Crippen molar-refractivity contribution < 1.29 is 4.79 Å². The van der Waals surface area contributed by atoms with Gasteiger partial charge in [0.25, 0.3) is 5.91 Å². The van der Waals surface area contributed by atoms with Gasteiger partial charge >= 0.3 is 0 Å². The van der Waals surface area contributed by atoms with Gasteiger partial charge in [0.2, 0.25) is 0 Å². The maximum atomic E-state index is 12.9. The molecule has 0 saturated carbocycles. The number of carbonyl (C=O) groups excluding carboxylic acids is 1. The van der Waals surface area contributed by atoms with Crippen molar-refractivity contribution in [3.63, 3.8) is 0 Å². The molecule has 7 heteroatoms. The third-order valence-electron chi connectivity index (χ3n) is 5.35. The van der Waals surface area contributed by atoms with Gasteiger partial charge < -0.3 is 4.90 Å². The van der Waals surface area contributed by atoms with Crippen LogP contribution in [-0.4, -0.2) is 48.9 Å². The quantitative estimate of drug-likeness (QED) is 0.772. The van der Waals surface area contributed by atoms with Crippen LogP contribution in [0.3, 0.4) is 0 Å². The van der Waals surface area contributed by atoms with Crippen LogP contribution in [0.4, 0.5) is 0 Å². The molecule has 0 atom stereocenters. The predicted molar refractivity (Wildman–Crippen MR) is 102 cm³/mol. The summed E-state index contributed by atoms with van der Waals surface area (Å²) < 4.78 is 1.82. The summed E-state index contributed by atoms with van der Waals surface area (Å²) >= 11 is 0. The van der Waals surface area contributed by atoms with Crippen LogP contribution in [-0.2, 0) is 6.54 Å². The maximum absolute atomic E-state index is 12.9. The molecule has 4 heterocycles. The van der Waals surface area contributed by atoms with E-state index in [0.717, 1.165) is 55.0 Å². The number of amides is 1. The van der Waals surface area contributed by atoms with Crippen molar-refractivity contribution in [2.24, 2.45) is 0 Å². The van der Waals surface area contributed by atoms with Gasteiger partial charge in [0, 0.05) is 55.4 Å². The third-order valence-corrected chi connectivity index (χ3v) is 5.35. The fraction of sp³-hybridized carbons (Fsp3) is 0.400. The van der Waals surface area contributed by atoms with Crippen LogP contribution >= 0.6 is 0 Å². The Kier molecular flexibility index (Phi) is 4.75.